The quantitative estimate of drug-likeness (QED) is 0.913. The second kappa shape index (κ2) is 6.09. The zero-order chi connectivity index (χ0) is 14.6. The molecule has 1 N–H and O–H groups in total. The number of aryl methyl sites for hydroxylation is 1. The van der Waals surface area contributed by atoms with Crippen LogP contribution < -0.4 is 5.32 Å². The van der Waals surface area contributed by atoms with Crippen molar-refractivity contribution >= 4 is 0 Å². The molecule has 0 spiro atoms. The third-order valence-electron chi connectivity index (χ3n) is 3.09. The van der Waals surface area contributed by atoms with Gasteiger partial charge >= 0.3 is 6.18 Å². The molecule has 6 heteroatoms. The molecule has 0 bridgehead atoms. The summed E-state index contributed by atoms with van der Waals surface area (Å²) >= 11 is 0. The van der Waals surface area contributed by atoms with Crippen LogP contribution in [-0.2, 0) is 13.6 Å². The van der Waals surface area contributed by atoms with E-state index >= 15 is 0 Å². The molecule has 1 atom stereocenters. The van der Waals surface area contributed by atoms with Crippen LogP contribution in [0.1, 0.15) is 23.7 Å². The van der Waals surface area contributed by atoms with Crippen LogP contribution in [0.5, 0.6) is 0 Å². The van der Waals surface area contributed by atoms with Crippen LogP contribution in [0, 0.1) is 0 Å². The largest absolute Gasteiger partial charge is 0.390 e. The maximum Gasteiger partial charge on any atom is 0.390 e. The summed E-state index contributed by atoms with van der Waals surface area (Å²) in [6, 6.07) is 9.69. The Labute approximate surface area is 115 Å². The predicted molar refractivity (Wildman–Crippen MR) is 69.9 cm³/mol. The molecule has 2 rings (SSSR count). The lowest BCUT2D eigenvalue weighted by atomic mass is 10.0. The first-order valence-electron chi connectivity index (χ1n) is 6.27. The number of hydrogen-bond donors (Lipinski definition) is 1. The summed E-state index contributed by atoms with van der Waals surface area (Å²) in [6.07, 6.45) is -3.48. The summed E-state index contributed by atoms with van der Waals surface area (Å²) in [4.78, 5) is 0. The van der Waals surface area contributed by atoms with E-state index in [0.29, 0.717) is 12.1 Å². The van der Waals surface area contributed by atoms with Gasteiger partial charge in [-0.15, -0.1) is 0 Å². The molecule has 1 aromatic carbocycles. The lowest BCUT2D eigenvalue weighted by molar-refractivity contribution is -0.140. The van der Waals surface area contributed by atoms with Crippen molar-refractivity contribution in [3.8, 4) is 0 Å². The number of hydrogen-bond acceptors (Lipinski definition) is 2. The number of rotatable bonds is 5. The van der Waals surface area contributed by atoms with Gasteiger partial charge in [0.1, 0.15) is 0 Å². The van der Waals surface area contributed by atoms with E-state index in [1.54, 1.807) is 54.3 Å². The second-order valence-electron chi connectivity index (χ2n) is 4.61. The number of aromatic nitrogens is 2. The Morgan fingerprint density at radius 3 is 2.45 bits per heavy atom. The molecule has 0 fully saturated rings. The van der Waals surface area contributed by atoms with Gasteiger partial charge in [0.15, 0.2) is 0 Å². The van der Waals surface area contributed by atoms with Gasteiger partial charge in [-0.2, -0.15) is 18.3 Å². The number of nitrogens with zero attached hydrogens (tertiary/aromatic N) is 2. The number of alkyl halides is 3. The summed E-state index contributed by atoms with van der Waals surface area (Å²) < 4.78 is 39.7. The van der Waals surface area contributed by atoms with E-state index < -0.39 is 18.6 Å². The van der Waals surface area contributed by atoms with Crippen molar-refractivity contribution in [2.24, 2.45) is 7.05 Å². The fourth-order valence-corrected chi connectivity index (χ4v) is 2.03. The average Bonchev–Trinajstić information content (AvgIpc) is 2.80. The Balaban J connectivity index is 2.09. The lowest BCUT2D eigenvalue weighted by Gasteiger charge is -2.20. The third kappa shape index (κ3) is 4.09. The fourth-order valence-electron chi connectivity index (χ4n) is 2.03. The zero-order valence-corrected chi connectivity index (χ0v) is 11.1. The van der Waals surface area contributed by atoms with E-state index in [0.717, 1.165) is 5.69 Å². The molecule has 0 aliphatic carbocycles. The second-order valence-corrected chi connectivity index (χ2v) is 4.61. The minimum absolute atomic E-state index is 0.339. The monoisotopic (exact) mass is 283 g/mol. The van der Waals surface area contributed by atoms with Gasteiger partial charge in [0, 0.05) is 25.8 Å². The zero-order valence-electron chi connectivity index (χ0n) is 11.1. The van der Waals surface area contributed by atoms with Crippen LogP contribution in [0.3, 0.4) is 0 Å². The molecule has 0 aliphatic heterocycles. The number of benzene rings is 1. The molecule has 0 saturated heterocycles. The standard InChI is InChI=1S/C14H16F3N3/c1-20-12(7-8-19-20)10-18-13(9-14(15,16)17)11-5-3-2-4-6-11/h2-8,13,18H,9-10H2,1H3. The maximum absolute atomic E-state index is 12.7. The highest BCUT2D eigenvalue weighted by atomic mass is 19.4. The molecule has 0 amide bonds. The smallest absolute Gasteiger partial charge is 0.304 e. The lowest BCUT2D eigenvalue weighted by Crippen LogP contribution is -2.27. The van der Waals surface area contributed by atoms with Crippen LogP contribution in [0.15, 0.2) is 42.6 Å². The molecular formula is C14H16F3N3. The van der Waals surface area contributed by atoms with E-state index in [2.05, 4.69) is 10.4 Å². The Hall–Kier alpha value is -1.82. The summed E-state index contributed by atoms with van der Waals surface area (Å²) in [7, 11) is 1.76. The third-order valence-corrected chi connectivity index (χ3v) is 3.09. The predicted octanol–water partition coefficient (Wildman–Crippen LogP) is 3.20. The van der Waals surface area contributed by atoms with Gasteiger partial charge in [-0.25, -0.2) is 0 Å². The van der Waals surface area contributed by atoms with Crippen LogP contribution in [0.2, 0.25) is 0 Å². The van der Waals surface area contributed by atoms with Crippen LogP contribution in [0.4, 0.5) is 13.2 Å². The van der Waals surface area contributed by atoms with Gasteiger partial charge in [0.25, 0.3) is 0 Å². The van der Waals surface area contributed by atoms with Crippen molar-refractivity contribution in [1.29, 1.82) is 0 Å². The van der Waals surface area contributed by atoms with Gasteiger partial charge in [0.2, 0.25) is 0 Å². The first-order chi connectivity index (χ1) is 9.46. The van der Waals surface area contributed by atoms with Crippen LogP contribution in [0.25, 0.3) is 0 Å². The van der Waals surface area contributed by atoms with Gasteiger partial charge in [-0.3, -0.25) is 4.68 Å². The van der Waals surface area contributed by atoms with Crippen LogP contribution in [-0.4, -0.2) is 16.0 Å². The molecule has 1 unspecified atom stereocenters. The Morgan fingerprint density at radius 2 is 1.90 bits per heavy atom. The summed E-state index contributed by atoms with van der Waals surface area (Å²) in [5.41, 5.74) is 1.47. The molecular weight excluding hydrogens is 267 g/mol. The van der Waals surface area contributed by atoms with Crippen molar-refractivity contribution in [3.63, 3.8) is 0 Å². The van der Waals surface area contributed by atoms with Crippen molar-refractivity contribution in [2.45, 2.75) is 25.2 Å². The van der Waals surface area contributed by atoms with E-state index in [4.69, 9.17) is 0 Å². The van der Waals surface area contributed by atoms with Gasteiger partial charge in [0.05, 0.1) is 12.1 Å². The molecule has 0 radical (unpaired) electrons. The molecule has 0 aliphatic rings. The highest BCUT2D eigenvalue weighted by molar-refractivity contribution is 5.19. The first-order valence-corrected chi connectivity index (χ1v) is 6.27. The van der Waals surface area contributed by atoms with E-state index in [1.807, 2.05) is 0 Å². The van der Waals surface area contributed by atoms with Crippen molar-refractivity contribution in [3.05, 3.63) is 53.9 Å². The molecule has 0 saturated carbocycles. The van der Waals surface area contributed by atoms with E-state index in [1.165, 1.54) is 0 Å². The van der Waals surface area contributed by atoms with Crippen molar-refractivity contribution < 1.29 is 13.2 Å². The van der Waals surface area contributed by atoms with E-state index in [-0.39, 0.29) is 0 Å². The molecule has 3 nitrogen and oxygen atoms in total. The summed E-state index contributed by atoms with van der Waals surface area (Å²) in [5.74, 6) is 0. The average molecular weight is 283 g/mol. The minimum Gasteiger partial charge on any atom is -0.304 e. The molecule has 108 valence electrons. The highest BCUT2D eigenvalue weighted by Gasteiger charge is 2.32. The molecule has 2 aromatic rings. The summed E-state index contributed by atoms with van der Waals surface area (Å²) in [6.45, 7) is 0.339. The fraction of sp³-hybridized carbons (Fsp3) is 0.357. The minimum atomic E-state index is -4.21. The van der Waals surface area contributed by atoms with E-state index in [9.17, 15) is 13.2 Å². The van der Waals surface area contributed by atoms with Crippen LogP contribution >= 0.6 is 0 Å². The molecule has 20 heavy (non-hydrogen) atoms. The summed E-state index contributed by atoms with van der Waals surface area (Å²) in [5, 5.41) is 6.95. The number of halogens is 3. The molecule has 1 heterocycles. The van der Waals surface area contributed by atoms with Gasteiger partial charge in [-0.05, 0) is 11.6 Å². The van der Waals surface area contributed by atoms with Crippen molar-refractivity contribution in [2.75, 3.05) is 0 Å². The van der Waals surface area contributed by atoms with Gasteiger partial charge < -0.3 is 5.32 Å². The molecule has 1 aromatic heterocycles. The topological polar surface area (TPSA) is 29.9 Å². The maximum atomic E-state index is 12.7. The Kier molecular flexibility index (Phi) is 4.44. The number of nitrogens with one attached hydrogen (secondary N) is 1. The normalized spacial score (nSPS) is 13.4. The SMILES string of the molecule is Cn1nccc1CNC(CC(F)(F)F)c1ccccc1. The van der Waals surface area contributed by atoms with Crippen molar-refractivity contribution in [1.82, 2.24) is 15.1 Å². The Bertz CT molecular complexity index is 534. The first kappa shape index (κ1) is 14.6. The van der Waals surface area contributed by atoms with Gasteiger partial charge in [-0.1, -0.05) is 30.3 Å². The Morgan fingerprint density at radius 1 is 1.20 bits per heavy atom. The highest BCUT2D eigenvalue weighted by Crippen LogP contribution is 2.29.